The second-order valence-electron chi connectivity index (χ2n) is 4.05. The molecule has 0 spiro atoms. The fraction of sp³-hybridized carbons (Fsp3) is 0.800. The zero-order valence-corrected chi connectivity index (χ0v) is 9.95. The minimum Gasteiger partial charge on any atom is -0.310 e. The second-order valence-corrected chi connectivity index (χ2v) is 4.05. The van der Waals surface area contributed by atoms with E-state index in [-0.39, 0.29) is 0 Å². The van der Waals surface area contributed by atoms with Gasteiger partial charge in [0.25, 0.3) is 0 Å². The lowest BCUT2D eigenvalue weighted by molar-refractivity contribution is 0.272. The first-order chi connectivity index (χ1) is 7.11. The maximum Gasteiger partial charge on any atom is 0.121 e. The van der Waals surface area contributed by atoms with E-state index in [1.165, 1.54) is 0 Å². The van der Waals surface area contributed by atoms with Crippen molar-refractivity contribution in [3.63, 3.8) is 0 Å². The molecule has 5 heteroatoms. The molecule has 86 valence electrons. The number of rotatable bonds is 6. The molecular weight excluding hydrogens is 192 g/mol. The summed E-state index contributed by atoms with van der Waals surface area (Å²) in [6.07, 6.45) is 0. The highest BCUT2D eigenvalue weighted by atomic mass is 16.6. The van der Waals surface area contributed by atoms with Crippen molar-refractivity contribution in [2.24, 2.45) is 0 Å². The van der Waals surface area contributed by atoms with Gasteiger partial charge >= 0.3 is 0 Å². The summed E-state index contributed by atoms with van der Waals surface area (Å²) in [5.74, 6) is 0. The van der Waals surface area contributed by atoms with Crippen molar-refractivity contribution < 1.29 is 4.63 Å². The molecule has 0 aromatic carbocycles. The van der Waals surface area contributed by atoms with Crippen molar-refractivity contribution in [1.82, 2.24) is 20.5 Å². The monoisotopic (exact) mass is 212 g/mol. The summed E-state index contributed by atoms with van der Waals surface area (Å²) in [4.78, 5) is 2.29. The number of hydrogen-bond donors (Lipinski definition) is 1. The molecule has 1 N–H and O–H groups in total. The molecule has 0 fully saturated rings. The summed E-state index contributed by atoms with van der Waals surface area (Å²) in [7, 11) is 2.12. The molecule has 15 heavy (non-hydrogen) atoms. The molecule has 0 aliphatic heterocycles. The van der Waals surface area contributed by atoms with E-state index in [2.05, 4.69) is 46.1 Å². The van der Waals surface area contributed by atoms with Crippen molar-refractivity contribution >= 4 is 0 Å². The molecule has 0 aliphatic carbocycles. The molecule has 0 saturated heterocycles. The first-order valence-corrected chi connectivity index (χ1v) is 5.30. The Kier molecular flexibility index (Phi) is 4.71. The Balaban J connectivity index is 2.15. The van der Waals surface area contributed by atoms with E-state index < -0.39 is 0 Å². The zero-order valence-electron chi connectivity index (χ0n) is 9.95. The number of nitrogens with one attached hydrogen (secondary N) is 1. The first kappa shape index (κ1) is 12.1. The summed E-state index contributed by atoms with van der Waals surface area (Å²) < 4.78 is 4.61. The van der Waals surface area contributed by atoms with Gasteiger partial charge in [0.15, 0.2) is 0 Å². The van der Waals surface area contributed by atoms with Crippen LogP contribution >= 0.6 is 0 Å². The predicted octanol–water partition coefficient (Wildman–Crippen LogP) is 0.808. The maximum absolute atomic E-state index is 4.61. The van der Waals surface area contributed by atoms with Gasteiger partial charge in [-0.15, -0.1) is 0 Å². The SMILES string of the molecule is Cc1nonc1CNCCN(C)C(C)C. The number of nitrogens with zero attached hydrogens (tertiary/aromatic N) is 3. The average Bonchev–Trinajstić information content (AvgIpc) is 2.58. The molecule has 0 unspecified atom stereocenters. The van der Waals surface area contributed by atoms with E-state index in [1.54, 1.807) is 0 Å². The molecule has 0 radical (unpaired) electrons. The quantitative estimate of drug-likeness (QED) is 0.707. The summed E-state index contributed by atoms with van der Waals surface area (Å²) in [5, 5.41) is 10.8. The van der Waals surface area contributed by atoms with Crippen LogP contribution in [0.2, 0.25) is 0 Å². The summed E-state index contributed by atoms with van der Waals surface area (Å²) in [5.41, 5.74) is 1.75. The third-order valence-corrected chi connectivity index (χ3v) is 2.56. The van der Waals surface area contributed by atoms with Crippen molar-refractivity contribution in [3.8, 4) is 0 Å². The summed E-state index contributed by atoms with van der Waals surface area (Å²) in [6.45, 7) is 8.97. The van der Waals surface area contributed by atoms with Gasteiger partial charge in [-0.05, 0) is 27.8 Å². The number of aromatic nitrogens is 2. The van der Waals surface area contributed by atoms with Crippen LogP contribution in [-0.2, 0) is 6.54 Å². The van der Waals surface area contributed by atoms with Gasteiger partial charge in [-0.3, -0.25) is 0 Å². The Morgan fingerprint density at radius 2 is 2.13 bits per heavy atom. The molecule has 5 nitrogen and oxygen atoms in total. The van der Waals surface area contributed by atoms with Crippen LogP contribution in [0, 0.1) is 6.92 Å². The van der Waals surface area contributed by atoms with Crippen LogP contribution in [0.4, 0.5) is 0 Å². The highest BCUT2D eigenvalue weighted by Gasteiger charge is 2.05. The molecule has 0 amide bonds. The lowest BCUT2D eigenvalue weighted by atomic mass is 10.3. The molecule has 1 rings (SSSR count). The Morgan fingerprint density at radius 1 is 1.40 bits per heavy atom. The van der Waals surface area contributed by atoms with Crippen LogP contribution in [0.3, 0.4) is 0 Å². The largest absolute Gasteiger partial charge is 0.310 e. The van der Waals surface area contributed by atoms with E-state index in [0.717, 1.165) is 31.0 Å². The standard InChI is InChI=1S/C10H20N4O/c1-8(2)14(4)6-5-11-7-10-9(3)12-15-13-10/h8,11H,5-7H2,1-4H3. The molecule has 0 saturated carbocycles. The van der Waals surface area contributed by atoms with Crippen LogP contribution in [0.5, 0.6) is 0 Å². The Labute approximate surface area is 90.8 Å². The van der Waals surface area contributed by atoms with Crippen molar-refractivity contribution in [1.29, 1.82) is 0 Å². The normalized spacial score (nSPS) is 11.6. The van der Waals surface area contributed by atoms with Gasteiger partial charge in [-0.1, -0.05) is 10.3 Å². The molecule has 1 heterocycles. The maximum atomic E-state index is 4.61. The van der Waals surface area contributed by atoms with Crippen LogP contribution in [0.25, 0.3) is 0 Å². The zero-order chi connectivity index (χ0) is 11.3. The van der Waals surface area contributed by atoms with Crippen LogP contribution in [-0.4, -0.2) is 41.4 Å². The minimum absolute atomic E-state index is 0.585. The van der Waals surface area contributed by atoms with Crippen molar-refractivity contribution in [2.75, 3.05) is 20.1 Å². The van der Waals surface area contributed by atoms with E-state index in [4.69, 9.17) is 0 Å². The lowest BCUT2D eigenvalue weighted by Crippen LogP contribution is -2.33. The topological polar surface area (TPSA) is 54.2 Å². The second kappa shape index (κ2) is 5.82. The van der Waals surface area contributed by atoms with Crippen LogP contribution in [0.15, 0.2) is 4.63 Å². The Hall–Kier alpha value is -0.940. The van der Waals surface area contributed by atoms with Gasteiger partial charge in [0.2, 0.25) is 0 Å². The van der Waals surface area contributed by atoms with E-state index in [9.17, 15) is 0 Å². The molecule has 0 bridgehead atoms. The Bertz CT molecular complexity index is 285. The van der Waals surface area contributed by atoms with Gasteiger partial charge in [0.05, 0.1) is 0 Å². The first-order valence-electron chi connectivity index (χ1n) is 5.30. The van der Waals surface area contributed by atoms with Crippen LogP contribution in [0.1, 0.15) is 25.2 Å². The molecule has 0 aliphatic rings. The molecule has 0 atom stereocenters. The predicted molar refractivity (Wildman–Crippen MR) is 58.5 cm³/mol. The number of hydrogen-bond acceptors (Lipinski definition) is 5. The highest BCUT2D eigenvalue weighted by Crippen LogP contribution is 1.99. The van der Waals surface area contributed by atoms with Crippen molar-refractivity contribution in [2.45, 2.75) is 33.4 Å². The lowest BCUT2D eigenvalue weighted by Gasteiger charge is -2.20. The van der Waals surface area contributed by atoms with Gasteiger partial charge in [0.1, 0.15) is 11.4 Å². The van der Waals surface area contributed by atoms with E-state index in [1.807, 2.05) is 6.92 Å². The third kappa shape index (κ3) is 3.97. The highest BCUT2D eigenvalue weighted by molar-refractivity contribution is 5.03. The minimum atomic E-state index is 0.585. The average molecular weight is 212 g/mol. The van der Waals surface area contributed by atoms with Gasteiger partial charge < -0.3 is 10.2 Å². The third-order valence-electron chi connectivity index (χ3n) is 2.56. The summed E-state index contributed by atoms with van der Waals surface area (Å²) in [6, 6.07) is 0.585. The number of aryl methyl sites for hydroxylation is 1. The molecule has 1 aromatic rings. The smallest absolute Gasteiger partial charge is 0.121 e. The fourth-order valence-corrected chi connectivity index (χ4v) is 1.13. The Morgan fingerprint density at radius 3 is 2.67 bits per heavy atom. The van der Waals surface area contributed by atoms with E-state index >= 15 is 0 Å². The fourth-order valence-electron chi connectivity index (χ4n) is 1.13. The number of likely N-dealkylation sites (N-methyl/N-ethyl adjacent to an activating group) is 1. The van der Waals surface area contributed by atoms with Gasteiger partial charge in [0, 0.05) is 25.7 Å². The van der Waals surface area contributed by atoms with Gasteiger partial charge in [-0.2, -0.15) is 0 Å². The van der Waals surface area contributed by atoms with Crippen molar-refractivity contribution in [3.05, 3.63) is 11.4 Å². The summed E-state index contributed by atoms with van der Waals surface area (Å²) >= 11 is 0. The van der Waals surface area contributed by atoms with Gasteiger partial charge in [-0.25, -0.2) is 4.63 Å². The van der Waals surface area contributed by atoms with Crippen LogP contribution < -0.4 is 5.32 Å². The molecular formula is C10H20N4O. The van der Waals surface area contributed by atoms with E-state index in [0.29, 0.717) is 6.04 Å². The molecule has 1 aromatic heterocycles.